The van der Waals surface area contributed by atoms with Crippen molar-refractivity contribution in [2.45, 2.75) is 26.5 Å². The fourth-order valence-electron chi connectivity index (χ4n) is 3.13. The maximum absolute atomic E-state index is 14.6. The second kappa shape index (κ2) is 7.77. The van der Waals surface area contributed by atoms with Crippen molar-refractivity contribution in [3.63, 3.8) is 0 Å². The molecule has 1 aliphatic heterocycles. The summed E-state index contributed by atoms with van der Waals surface area (Å²) >= 11 is 0. The van der Waals surface area contributed by atoms with E-state index in [2.05, 4.69) is 16.3 Å². The van der Waals surface area contributed by atoms with Crippen LogP contribution in [0.3, 0.4) is 0 Å². The molecule has 0 saturated carbocycles. The number of ether oxygens (including phenoxy) is 1. The molecule has 0 aromatic heterocycles. The molecule has 0 amide bonds. The Kier molecular flexibility index (Phi) is 5.48. The molecule has 0 bridgehead atoms. The number of halogens is 1. The Hall–Kier alpha value is -1.91. The number of hydrogen-bond acceptors (Lipinski definition) is 3. The summed E-state index contributed by atoms with van der Waals surface area (Å²) in [6.07, 6.45) is 0.00545. The van der Waals surface area contributed by atoms with E-state index in [1.165, 1.54) is 6.07 Å². The van der Waals surface area contributed by atoms with Crippen molar-refractivity contribution < 1.29 is 9.13 Å². The monoisotopic (exact) mass is 328 g/mol. The van der Waals surface area contributed by atoms with E-state index in [0.717, 1.165) is 43.9 Å². The lowest BCUT2D eigenvalue weighted by molar-refractivity contribution is 0.233. The minimum Gasteiger partial charge on any atom is -0.490 e. The first-order chi connectivity index (χ1) is 11.6. The Bertz CT molecular complexity index is 681. The highest BCUT2D eigenvalue weighted by atomic mass is 19.1. The SMILES string of the molecule is CC(C)Oc1cccc(F)c1-c1ccccc1CN1CCNCC1. The van der Waals surface area contributed by atoms with Gasteiger partial charge in [-0.15, -0.1) is 0 Å². The van der Waals surface area contributed by atoms with Crippen molar-refractivity contribution in [3.8, 4) is 16.9 Å². The zero-order valence-corrected chi connectivity index (χ0v) is 14.4. The predicted octanol–water partition coefficient (Wildman–Crippen LogP) is 3.69. The quantitative estimate of drug-likeness (QED) is 0.906. The van der Waals surface area contributed by atoms with Crippen molar-refractivity contribution in [1.82, 2.24) is 10.2 Å². The number of benzene rings is 2. The summed E-state index contributed by atoms with van der Waals surface area (Å²) in [5.74, 6) is 0.374. The largest absolute Gasteiger partial charge is 0.490 e. The van der Waals surface area contributed by atoms with Crippen molar-refractivity contribution in [2.24, 2.45) is 0 Å². The minimum atomic E-state index is -0.235. The molecule has 128 valence electrons. The smallest absolute Gasteiger partial charge is 0.134 e. The van der Waals surface area contributed by atoms with Gasteiger partial charge in [0.1, 0.15) is 11.6 Å². The van der Waals surface area contributed by atoms with Crippen LogP contribution in [0.4, 0.5) is 4.39 Å². The van der Waals surface area contributed by atoms with Gasteiger partial charge in [0, 0.05) is 32.7 Å². The second-order valence-corrected chi connectivity index (χ2v) is 6.46. The fourth-order valence-corrected chi connectivity index (χ4v) is 3.13. The first kappa shape index (κ1) is 16.9. The summed E-state index contributed by atoms with van der Waals surface area (Å²) in [7, 11) is 0. The lowest BCUT2D eigenvalue weighted by Crippen LogP contribution is -2.42. The maximum Gasteiger partial charge on any atom is 0.134 e. The van der Waals surface area contributed by atoms with Gasteiger partial charge in [-0.25, -0.2) is 4.39 Å². The molecule has 3 nitrogen and oxygen atoms in total. The van der Waals surface area contributed by atoms with Crippen LogP contribution >= 0.6 is 0 Å². The molecular formula is C20H25FN2O. The van der Waals surface area contributed by atoms with Gasteiger partial charge in [-0.2, -0.15) is 0 Å². The first-order valence-corrected chi connectivity index (χ1v) is 8.61. The summed E-state index contributed by atoms with van der Waals surface area (Å²) in [5.41, 5.74) is 2.62. The number of hydrogen-bond donors (Lipinski definition) is 1. The van der Waals surface area contributed by atoms with Gasteiger partial charge in [-0.1, -0.05) is 30.3 Å². The molecule has 0 spiro atoms. The van der Waals surface area contributed by atoms with Crippen molar-refractivity contribution >= 4 is 0 Å². The minimum absolute atomic E-state index is 0.00545. The lowest BCUT2D eigenvalue weighted by atomic mass is 9.97. The zero-order valence-electron chi connectivity index (χ0n) is 14.4. The summed E-state index contributed by atoms with van der Waals surface area (Å²) in [5, 5.41) is 3.36. The van der Waals surface area contributed by atoms with Crippen LogP contribution in [0, 0.1) is 5.82 Å². The Morgan fingerprint density at radius 3 is 2.58 bits per heavy atom. The normalized spacial score (nSPS) is 15.7. The van der Waals surface area contributed by atoms with Crippen molar-refractivity contribution in [2.75, 3.05) is 26.2 Å². The van der Waals surface area contributed by atoms with Gasteiger partial charge in [0.2, 0.25) is 0 Å². The lowest BCUT2D eigenvalue weighted by Gasteiger charge is -2.28. The average Bonchev–Trinajstić information content (AvgIpc) is 2.56. The van der Waals surface area contributed by atoms with Crippen LogP contribution in [0.2, 0.25) is 0 Å². The molecule has 1 N–H and O–H groups in total. The Morgan fingerprint density at radius 1 is 1.08 bits per heavy atom. The van der Waals surface area contributed by atoms with E-state index in [-0.39, 0.29) is 11.9 Å². The summed E-state index contributed by atoms with van der Waals surface area (Å²) in [6.45, 7) is 8.78. The molecule has 1 saturated heterocycles. The van der Waals surface area contributed by atoms with Crippen LogP contribution in [0.25, 0.3) is 11.1 Å². The molecule has 2 aromatic rings. The molecule has 0 radical (unpaired) electrons. The van der Waals surface area contributed by atoms with Crippen LogP contribution in [0.5, 0.6) is 5.75 Å². The molecule has 3 rings (SSSR count). The third-order valence-corrected chi connectivity index (χ3v) is 4.23. The van der Waals surface area contributed by atoms with E-state index in [9.17, 15) is 4.39 Å². The molecular weight excluding hydrogens is 303 g/mol. The third-order valence-electron chi connectivity index (χ3n) is 4.23. The van der Waals surface area contributed by atoms with E-state index >= 15 is 0 Å². The van der Waals surface area contributed by atoms with Gasteiger partial charge in [-0.05, 0) is 37.1 Å². The fraction of sp³-hybridized carbons (Fsp3) is 0.400. The number of nitrogens with zero attached hydrogens (tertiary/aromatic N) is 1. The topological polar surface area (TPSA) is 24.5 Å². The number of piperazine rings is 1. The highest BCUT2D eigenvalue weighted by molar-refractivity contribution is 5.74. The summed E-state index contributed by atoms with van der Waals surface area (Å²) in [4.78, 5) is 2.40. The molecule has 4 heteroatoms. The molecule has 1 heterocycles. The van der Waals surface area contributed by atoms with Crippen LogP contribution in [-0.4, -0.2) is 37.2 Å². The van der Waals surface area contributed by atoms with E-state index in [4.69, 9.17) is 4.74 Å². The van der Waals surface area contributed by atoms with Gasteiger partial charge in [0.25, 0.3) is 0 Å². The van der Waals surface area contributed by atoms with E-state index in [1.54, 1.807) is 6.07 Å². The Balaban J connectivity index is 1.97. The first-order valence-electron chi connectivity index (χ1n) is 8.61. The number of rotatable bonds is 5. The molecule has 24 heavy (non-hydrogen) atoms. The van der Waals surface area contributed by atoms with Crippen LogP contribution in [0.1, 0.15) is 19.4 Å². The van der Waals surface area contributed by atoms with Gasteiger partial charge >= 0.3 is 0 Å². The zero-order chi connectivity index (χ0) is 16.9. The molecule has 1 fully saturated rings. The van der Waals surface area contributed by atoms with E-state index < -0.39 is 0 Å². The Morgan fingerprint density at radius 2 is 1.83 bits per heavy atom. The molecule has 0 aliphatic carbocycles. The summed E-state index contributed by atoms with van der Waals surface area (Å²) in [6, 6.07) is 13.1. The predicted molar refractivity (Wildman–Crippen MR) is 95.7 cm³/mol. The summed E-state index contributed by atoms with van der Waals surface area (Å²) < 4.78 is 20.5. The molecule has 1 aliphatic rings. The van der Waals surface area contributed by atoms with Gasteiger partial charge in [-0.3, -0.25) is 4.90 Å². The maximum atomic E-state index is 14.6. The van der Waals surface area contributed by atoms with Crippen LogP contribution in [-0.2, 0) is 6.54 Å². The second-order valence-electron chi connectivity index (χ2n) is 6.46. The van der Waals surface area contributed by atoms with Gasteiger partial charge < -0.3 is 10.1 Å². The van der Waals surface area contributed by atoms with Crippen molar-refractivity contribution in [1.29, 1.82) is 0 Å². The third kappa shape index (κ3) is 3.94. The van der Waals surface area contributed by atoms with Crippen LogP contribution in [0.15, 0.2) is 42.5 Å². The molecule has 0 atom stereocenters. The Labute approximate surface area is 143 Å². The molecule has 2 aromatic carbocycles. The average molecular weight is 328 g/mol. The van der Waals surface area contributed by atoms with Gasteiger partial charge in [0.05, 0.1) is 11.7 Å². The van der Waals surface area contributed by atoms with Crippen LogP contribution < -0.4 is 10.1 Å². The van der Waals surface area contributed by atoms with Gasteiger partial charge in [0.15, 0.2) is 0 Å². The highest BCUT2D eigenvalue weighted by Gasteiger charge is 2.18. The number of nitrogens with one attached hydrogen (secondary N) is 1. The molecule has 0 unspecified atom stereocenters. The van der Waals surface area contributed by atoms with E-state index in [0.29, 0.717) is 11.3 Å². The van der Waals surface area contributed by atoms with Crippen molar-refractivity contribution in [3.05, 3.63) is 53.8 Å². The van der Waals surface area contributed by atoms with E-state index in [1.807, 2.05) is 38.1 Å². The highest BCUT2D eigenvalue weighted by Crippen LogP contribution is 2.35. The standard InChI is InChI=1S/C20H25FN2O/c1-15(2)24-19-9-5-8-18(21)20(19)17-7-4-3-6-16(17)14-23-12-10-22-11-13-23/h3-9,15,22H,10-14H2,1-2H3.